The molecule has 1 saturated heterocycles. The monoisotopic (exact) mass is 360 g/mol. The summed E-state index contributed by atoms with van der Waals surface area (Å²) < 4.78 is 16.7. The molecule has 1 aromatic carbocycles. The third-order valence-corrected chi connectivity index (χ3v) is 4.64. The smallest absolute Gasteiger partial charge is 0.251 e. The van der Waals surface area contributed by atoms with Crippen LogP contribution in [0.1, 0.15) is 39.4 Å². The highest BCUT2D eigenvalue weighted by molar-refractivity contribution is 5.94. The third kappa shape index (κ3) is 4.30. The molecular formula is C19H24N2O5. The van der Waals surface area contributed by atoms with Gasteiger partial charge in [-0.3, -0.25) is 4.79 Å². The van der Waals surface area contributed by atoms with Gasteiger partial charge in [-0.1, -0.05) is 17.3 Å². The van der Waals surface area contributed by atoms with E-state index < -0.39 is 0 Å². The maximum Gasteiger partial charge on any atom is 0.251 e. The van der Waals surface area contributed by atoms with Gasteiger partial charge in [0.1, 0.15) is 11.9 Å². The van der Waals surface area contributed by atoms with Crippen molar-refractivity contribution >= 4 is 5.91 Å². The van der Waals surface area contributed by atoms with Crippen molar-refractivity contribution in [2.75, 3.05) is 13.2 Å². The molecule has 2 N–H and O–H groups in total. The average molecular weight is 360 g/mol. The molecule has 3 rings (SSSR count). The molecule has 0 aliphatic carbocycles. The van der Waals surface area contributed by atoms with Gasteiger partial charge in [0.2, 0.25) is 0 Å². The van der Waals surface area contributed by atoms with E-state index in [2.05, 4.69) is 10.5 Å². The van der Waals surface area contributed by atoms with E-state index in [9.17, 15) is 4.79 Å². The van der Waals surface area contributed by atoms with Gasteiger partial charge < -0.3 is 24.4 Å². The minimum absolute atomic E-state index is 0.0422. The summed E-state index contributed by atoms with van der Waals surface area (Å²) in [5.74, 6) is 0.580. The first-order chi connectivity index (χ1) is 12.6. The summed E-state index contributed by atoms with van der Waals surface area (Å²) >= 11 is 0. The first kappa shape index (κ1) is 18.6. The van der Waals surface area contributed by atoms with Gasteiger partial charge in [0.05, 0.1) is 31.6 Å². The van der Waals surface area contributed by atoms with E-state index in [4.69, 9.17) is 19.1 Å². The Morgan fingerprint density at radius 3 is 2.77 bits per heavy atom. The van der Waals surface area contributed by atoms with E-state index in [0.29, 0.717) is 31.8 Å². The molecule has 140 valence electrons. The number of nitrogens with one attached hydrogen (secondary N) is 1. The zero-order chi connectivity index (χ0) is 18.5. The van der Waals surface area contributed by atoms with Crippen molar-refractivity contribution in [2.24, 2.45) is 0 Å². The molecule has 1 fully saturated rings. The van der Waals surface area contributed by atoms with E-state index in [1.165, 1.54) is 0 Å². The maximum absolute atomic E-state index is 12.5. The van der Waals surface area contributed by atoms with Gasteiger partial charge in [0.25, 0.3) is 5.91 Å². The van der Waals surface area contributed by atoms with Crippen molar-refractivity contribution in [3.8, 4) is 0 Å². The number of ether oxygens (including phenoxy) is 2. The van der Waals surface area contributed by atoms with Gasteiger partial charge in [0.15, 0.2) is 0 Å². The maximum atomic E-state index is 12.5. The Kier molecular flexibility index (Phi) is 6.03. The molecule has 1 amide bonds. The van der Waals surface area contributed by atoms with Crippen LogP contribution < -0.4 is 5.32 Å². The molecule has 0 saturated carbocycles. The van der Waals surface area contributed by atoms with Crippen molar-refractivity contribution < 1.29 is 23.9 Å². The zero-order valence-corrected chi connectivity index (χ0v) is 15.0. The van der Waals surface area contributed by atoms with Crippen molar-refractivity contribution in [2.45, 2.75) is 45.6 Å². The van der Waals surface area contributed by atoms with Crippen LogP contribution in [0, 0.1) is 13.8 Å². The van der Waals surface area contributed by atoms with Crippen LogP contribution in [0.15, 0.2) is 28.8 Å². The van der Waals surface area contributed by atoms with Gasteiger partial charge in [-0.25, -0.2) is 0 Å². The number of carbonyl (C=O) groups is 1. The number of aryl methyl sites for hydroxylation is 2. The van der Waals surface area contributed by atoms with Crippen molar-refractivity contribution in [1.29, 1.82) is 0 Å². The van der Waals surface area contributed by atoms with E-state index in [-0.39, 0.29) is 24.7 Å². The fraction of sp³-hybridized carbons (Fsp3) is 0.474. The number of amides is 1. The Balaban J connectivity index is 1.61. The normalized spacial score (nSPS) is 20.1. The largest absolute Gasteiger partial charge is 0.392 e. The molecule has 7 heteroatoms. The molecular weight excluding hydrogens is 336 g/mol. The predicted molar refractivity (Wildman–Crippen MR) is 93.6 cm³/mol. The summed E-state index contributed by atoms with van der Waals surface area (Å²) in [7, 11) is 0. The van der Waals surface area contributed by atoms with Crippen LogP contribution in [0.2, 0.25) is 0 Å². The molecule has 0 bridgehead atoms. The lowest BCUT2D eigenvalue weighted by atomic mass is 10.0. The van der Waals surface area contributed by atoms with Gasteiger partial charge in [0, 0.05) is 17.7 Å². The second-order valence-corrected chi connectivity index (χ2v) is 6.45. The highest BCUT2D eigenvalue weighted by Crippen LogP contribution is 2.18. The molecule has 7 nitrogen and oxygen atoms in total. The number of benzene rings is 1. The lowest BCUT2D eigenvalue weighted by molar-refractivity contribution is -0.0739. The number of aromatic nitrogens is 1. The number of hydrogen-bond acceptors (Lipinski definition) is 6. The molecule has 1 aromatic heterocycles. The Labute approximate surface area is 152 Å². The predicted octanol–water partition coefficient (Wildman–Crippen LogP) is 1.89. The van der Waals surface area contributed by atoms with Gasteiger partial charge >= 0.3 is 0 Å². The van der Waals surface area contributed by atoms with E-state index in [0.717, 1.165) is 22.6 Å². The minimum atomic E-state index is -0.238. The Bertz CT molecular complexity index is 721. The Morgan fingerprint density at radius 2 is 2.12 bits per heavy atom. The van der Waals surface area contributed by atoms with Crippen LogP contribution >= 0.6 is 0 Å². The molecule has 1 aliphatic heterocycles. The van der Waals surface area contributed by atoms with Crippen molar-refractivity contribution in [1.82, 2.24) is 10.5 Å². The van der Waals surface area contributed by atoms with Crippen LogP contribution in [0.5, 0.6) is 0 Å². The van der Waals surface area contributed by atoms with Crippen LogP contribution in [0.3, 0.4) is 0 Å². The fourth-order valence-electron chi connectivity index (χ4n) is 2.95. The van der Waals surface area contributed by atoms with Gasteiger partial charge in [-0.05, 0) is 38.0 Å². The minimum Gasteiger partial charge on any atom is -0.392 e. The Hall–Kier alpha value is -2.22. The summed E-state index contributed by atoms with van der Waals surface area (Å²) in [6, 6.07) is 6.77. The standard InChI is InChI=1S/C19H24N2O5/c1-12-16(13(2)26-21-12)10-25-18-11-24-8-7-17(18)20-19(23)15-5-3-14(9-22)4-6-15/h3-6,17-18,22H,7-11H2,1-2H3,(H,20,23)/t17-,18-/m1/s1. The molecule has 2 aromatic rings. The zero-order valence-electron chi connectivity index (χ0n) is 15.0. The average Bonchev–Trinajstić information content (AvgIpc) is 2.99. The number of carbonyl (C=O) groups excluding carboxylic acids is 1. The summed E-state index contributed by atoms with van der Waals surface area (Å²) in [4.78, 5) is 12.5. The second-order valence-electron chi connectivity index (χ2n) is 6.45. The molecule has 26 heavy (non-hydrogen) atoms. The molecule has 0 radical (unpaired) electrons. The fourth-order valence-corrected chi connectivity index (χ4v) is 2.95. The summed E-state index contributed by atoms with van der Waals surface area (Å²) in [6.45, 7) is 5.07. The number of nitrogens with zero attached hydrogens (tertiary/aromatic N) is 1. The van der Waals surface area contributed by atoms with Crippen molar-refractivity contribution in [3.63, 3.8) is 0 Å². The Morgan fingerprint density at radius 1 is 1.35 bits per heavy atom. The lowest BCUT2D eigenvalue weighted by Crippen LogP contribution is -2.50. The lowest BCUT2D eigenvalue weighted by Gasteiger charge is -2.32. The van der Waals surface area contributed by atoms with E-state index in [1.807, 2.05) is 13.8 Å². The molecule has 1 aliphatic rings. The first-order valence-corrected chi connectivity index (χ1v) is 8.70. The number of aliphatic hydroxyl groups is 1. The van der Waals surface area contributed by atoms with E-state index >= 15 is 0 Å². The van der Waals surface area contributed by atoms with Crippen LogP contribution in [-0.4, -0.2) is 41.5 Å². The molecule has 2 atom stereocenters. The number of hydrogen-bond donors (Lipinski definition) is 2. The SMILES string of the molecule is Cc1noc(C)c1CO[C@@H]1COCC[C@H]1NC(=O)c1ccc(CO)cc1. The summed E-state index contributed by atoms with van der Waals surface area (Å²) in [6.07, 6.45) is 0.449. The van der Waals surface area contributed by atoms with Gasteiger partial charge in [-0.2, -0.15) is 0 Å². The van der Waals surface area contributed by atoms with Crippen LogP contribution in [0.25, 0.3) is 0 Å². The molecule has 2 heterocycles. The van der Waals surface area contributed by atoms with Gasteiger partial charge in [-0.15, -0.1) is 0 Å². The topological polar surface area (TPSA) is 93.8 Å². The summed E-state index contributed by atoms with van der Waals surface area (Å²) in [5, 5.41) is 16.1. The first-order valence-electron chi connectivity index (χ1n) is 8.70. The van der Waals surface area contributed by atoms with E-state index in [1.54, 1.807) is 24.3 Å². The highest BCUT2D eigenvalue weighted by atomic mass is 16.5. The van der Waals surface area contributed by atoms with Crippen molar-refractivity contribution in [3.05, 3.63) is 52.4 Å². The van der Waals surface area contributed by atoms with Crippen LogP contribution in [0.4, 0.5) is 0 Å². The number of rotatable bonds is 6. The van der Waals surface area contributed by atoms with Crippen LogP contribution in [-0.2, 0) is 22.7 Å². The third-order valence-electron chi connectivity index (χ3n) is 4.64. The highest BCUT2D eigenvalue weighted by Gasteiger charge is 2.29. The second kappa shape index (κ2) is 8.44. The summed E-state index contributed by atoms with van der Waals surface area (Å²) in [5.41, 5.74) is 3.07. The number of aliphatic hydroxyl groups excluding tert-OH is 1. The quantitative estimate of drug-likeness (QED) is 0.817. The molecule has 0 unspecified atom stereocenters. The molecule has 0 spiro atoms.